The Kier molecular flexibility index (Phi) is 38.4. The largest absolute Gasteiger partial charge is 0.394 e. The molecule has 2 aliphatic rings. The van der Waals surface area contributed by atoms with Crippen molar-refractivity contribution in [3.05, 3.63) is 0 Å². The van der Waals surface area contributed by atoms with Crippen LogP contribution in [0.2, 0.25) is 0 Å². The second-order valence-corrected chi connectivity index (χ2v) is 21.9. The van der Waals surface area contributed by atoms with Gasteiger partial charge in [-0.3, -0.25) is 9.59 Å². The van der Waals surface area contributed by atoms with Crippen LogP contribution < -0.4 is 10.6 Å². The molecular formula is C56H108N2O15. The molecule has 2 saturated heterocycles. The minimum absolute atomic E-state index is 0.202. The molecule has 0 bridgehead atoms. The Hall–Kier alpha value is -1.58. The van der Waals surface area contributed by atoms with Crippen molar-refractivity contribution in [1.82, 2.24) is 10.6 Å². The first-order chi connectivity index (χ1) is 35.2. The number of carbonyl (C=O) groups excluding carboxylic acids is 2. The van der Waals surface area contributed by atoms with E-state index < -0.39 is 117 Å². The highest BCUT2D eigenvalue weighted by Crippen LogP contribution is 2.30. The fourth-order valence-electron chi connectivity index (χ4n) is 10.1. The van der Waals surface area contributed by atoms with E-state index in [9.17, 15) is 55.5 Å². The van der Waals surface area contributed by atoms with Gasteiger partial charge >= 0.3 is 0 Å². The van der Waals surface area contributed by atoms with Crippen LogP contribution in [0.25, 0.3) is 0 Å². The molecular weight excluding hydrogens is 941 g/mol. The molecule has 0 radical (unpaired) electrons. The van der Waals surface area contributed by atoms with Crippen molar-refractivity contribution in [2.45, 2.75) is 319 Å². The molecule has 432 valence electrons. The van der Waals surface area contributed by atoms with Crippen molar-refractivity contribution >= 4 is 11.8 Å². The lowest BCUT2D eigenvalue weighted by atomic mass is 9.95. The predicted octanol–water partition coefficient (Wildman–Crippen LogP) is 6.50. The average molecular weight is 1050 g/mol. The molecule has 2 amide bonds. The zero-order valence-electron chi connectivity index (χ0n) is 45.9. The summed E-state index contributed by atoms with van der Waals surface area (Å²) < 4.78 is 23.2. The summed E-state index contributed by atoms with van der Waals surface area (Å²) in [6.45, 7) is 5.88. The van der Waals surface area contributed by atoms with Crippen molar-refractivity contribution < 1.29 is 74.5 Å². The maximum atomic E-state index is 13.4. The van der Waals surface area contributed by atoms with E-state index in [1.807, 2.05) is 0 Å². The Morgan fingerprint density at radius 3 is 1.40 bits per heavy atom. The number of nitrogens with one attached hydrogen (secondary N) is 2. The van der Waals surface area contributed by atoms with E-state index >= 15 is 0 Å². The SMILES string of the molecule is CCCCCCCCCCCCCCCCCCCCCC(O)C(=O)NC(COC1OC(CO)C(OC2OC(CO)C(O)C(O)C2NC(C)=O)C(O)C1O)C(O)C(O)CCCCCCCCCCCCC(C)C. The van der Waals surface area contributed by atoms with Crippen molar-refractivity contribution in [1.29, 1.82) is 0 Å². The maximum absolute atomic E-state index is 13.4. The summed E-state index contributed by atoms with van der Waals surface area (Å²) in [6, 6.07) is -2.67. The summed E-state index contributed by atoms with van der Waals surface area (Å²) in [5.41, 5.74) is 0. The molecule has 0 aromatic heterocycles. The van der Waals surface area contributed by atoms with Gasteiger partial charge in [0, 0.05) is 6.92 Å². The van der Waals surface area contributed by atoms with Gasteiger partial charge in [-0.15, -0.1) is 0 Å². The monoisotopic (exact) mass is 1050 g/mol. The van der Waals surface area contributed by atoms with Crippen LogP contribution in [0.5, 0.6) is 0 Å². The molecule has 14 unspecified atom stereocenters. The number of unbranched alkanes of at least 4 members (excludes halogenated alkanes) is 27. The van der Waals surface area contributed by atoms with Gasteiger partial charge in [0.05, 0.1) is 32.0 Å². The quantitative estimate of drug-likeness (QED) is 0.0291. The lowest BCUT2D eigenvalue weighted by Gasteiger charge is -2.47. The highest BCUT2D eigenvalue weighted by atomic mass is 16.7. The number of aliphatic hydroxyl groups excluding tert-OH is 9. The fraction of sp³-hybridized carbons (Fsp3) is 0.964. The van der Waals surface area contributed by atoms with Gasteiger partial charge in [-0.1, -0.05) is 213 Å². The standard InChI is InChI=1S/C56H108N2O15/c1-5-6-7-8-9-10-11-12-13-14-15-16-17-18-19-24-27-30-33-36-44(63)54(69)58-42(48(64)43(62)35-32-29-26-23-21-20-22-25-28-31-34-40(2)3)39-70-56-52(68)51(67)53(46(38-60)72-56)73-55-47(57-41(4)61)50(66)49(65)45(37-59)71-55/h40,42-53,55-56,59-60,62-68H,5-39H2,1-4H3,(H,57,61)(H,58,69). The first-order valence-electron chi connectivity index (χ1n) is 29.3. The first-order valence-corrected chi connectivity index (χ1v) is 29.3. The summed E-state index contributed by atoms with van der Waals surface area (Å²) in [5, 5.41) is 102. The van der Waals surface area contributed by atoms with Crippen molar-refractivity contribution in [2.24, 2.45) is 5.92 Å². The second-order valence-electron chi connectivity index (χ2n) is 21.9. The summed E-state index contributed by atoms with van der Waals surface area (Å²) >= 11 is 0. The third-order valence-electron chi connectivity index (χ3n) is 14.9. The Morgan fingerprint density at radius 2 is 0.959 bits per heavy atom. The molecule has 14 atom stereocenters. The van der Waals surface area contributed by atoms with E-state index in [1.165, 1.54) is 135 Å². The van der Waals surface area contributed by atoms with E-state index in [0.717, 1.165) is 57.8 Å². The second kappa shape index (κ2) is 41.5. The third-order valence-corrected chi connectivity index (χ3v) is 14.9. The molecule has 0 aliphatic carbocycles. The van der Waals surface area contributed by atoms with Crippen LogP contribution in [-0.4, -0.2) is 163 Å². The maximum Gasteiger partial charge on any atom is 0.249 e. The minimum Gasteiger partial charge on any atom is -0.394 e. The summed E-state index contributed by atoms with van der Waals surface area (Å²) in [6.07, 6.45) is 17.4. The van der Waals surface area contributed by atoms with Gasteiger partial charge in [0.25, 0.3) is 0 Å². The molecule has 2 heterocycles. The number of ether oxygens (including phenoxy) is 4. The van der Waals surface area contributed by atoms with Crippen LogP contribution >= 0.6 is 0 Å². The molecule has 0 aromatic carbocycles. The molecule has 0 saturated carbocycles. The van der Waals surface area contributed by atoms with Crippen LogP contribution in [-0.2, 0) is 28.5 Å². The Balaban J connectivity index is 1.90. The van der Waals surface area contributed by atoms with Crippen LogP contribution in [0.15, 0.2) is 0 Å². The number of aliphatic hydroxyl groups is 9. The van der Waals surface area contributed by atoms with Gasteiger partial charge in [-0.25, -0.2) is 0 Å². The normalized spacial score (nSPS) is 26.2. The van der Waals surface area contributed by atoms with Crippen LogP contribution in [0.4, 0.5) is 0 Å². The van der Waals surface area contributed by atoms with Gasteiger partial charge in [0.1, 0.15) is 61.0 Å². The Labute approximate surface area is 440 Å². The third kappa shape index (κ3) is 28.6. The van der Waals surface area contributed by atoms with E-state index in [0.29, 0.717) is 12.8 Å². The predicted molar refractivity (Wildman–Crippen MR) is 282 cm³/mol. The summed E-state index contributed by atoms with van der Waals surface area (Å²) in [7, 11) is 0. The highest BCUT2D eigenvalue weighted by molar-refractivity contribution is 5.80. The number of hydrogen-bond acceptors (Lipinski definition) is 15. The summed E-state index contributed by atoms with van der Waals surface area (Å²) in [4.78, 5) is 25.4. The molecule has 73 heavy (non-hydrogen) atoms. The lowest BCUT2D eigenvalue weighted by Crippen LogP contribution is -2.67. The van der Waals surface area contributed by atoms with Gasteiger partial charge in [-0.2, -0.15) is 0 Å². The van der Waals surface area contributed by atoms with Gasteiger partial charge < -0.3 is 75.5 Å². The van der Waals surface area contributed by atoms with Gasteiger partial charge in [-0.05, 0) is 18.8 Å². The molecule has 17 nitrogen and oxygen atoms in total. The zero-order chi connectivity index (χ0) is 53.8. The van der Waals surface area contributed by atoms with Crippen molar-refractivity contribution in [3.63, 3.8) is 0 Å². The number of carbonyl (C=O) groups is 2. The smallest absolute Gasteiger partial charge is 0.249 e. The zero-order valence-corrected chi connectivity index (χ0v) is 45.9. The number of amides is 2. The Morgan fingerprint density at radius 1 is 0.534 bits per heavy atom. The van der Waals surface area contributed by atoms with Gasteiger partial charge in [0.2, 0.25) is 11.8 Å². The molecule has 17 heteroatoms. The lowest BCUT2D eigenvalue weighted by molar-refractivity contribution is -0.347. The highest BCUT2D eigenvalue weighted by Gasteiger charge is 2.51. The average Bonchev–Trinajstić information content (AvgIpc) is 3.36. The fourth-order valence-corrected chi connectivity index (χ4v) is 10.1. The molecule has 0 aromatic rings. The molecule has 0 spiro atoms. The Bertz CT molecular complexity index is 1350. The number of rotatable bonds is 45. The van der Waals surface area contributed by atoms with E-state index in [-0.39, 0.29) is 12.8 Å². The number of hydrogen-bond donors (Lipinski definition) is 11. The van der Waals surface area contributed by atoms with Crippen molar-refractivity contribution in [3.8, 4) is 0 Å². The van der Waals surface area contributed by atoms with Gasteiger partial charge in [0.15, 0.2) is 12.6 Å². The van der Waals surface area contributed by atoms with Crippen LogP contribution in [0.1, 0.15) is 233 Å². The van der Waals surface area contributed by atoms with Crippen LogP contribution in [0.3, 0.4) is 0 Å². The minimum atomic E-state index is -1.86. The molecule has 2 aliphatic heterocycles. The first kappa shape index (κ1) is 67.5. The summed E-state index contributed by atoms with van der Waals surface area (Å²) in [5.74, 6) is -0.626. The van der Waals surface area contributed by atoms with E-state index in [4.69, 9.17) is 18.9 Å². The molecule has 11 N–H and O–H groups in total. The van der Waals surface area contributed by atoms with E-state index in [2.05, 4.69) is 31.4 Å². The van der Waals surface area contributed by atoms with Crippen LogP contribution in [0, 0.1) is 5.92 Å². The topological polar surface area (TPSA) is 277 Å². The van der Waals surface area contributed by atoms with Crippen molar-refractivity contribution in [2.75, 3.05) is 19.8 Å². The molecule has 2 fully saturated rings. The molecule has 2 rings (SSSR count). The van der Waals surface area contributed by atoms with E-state index in [1.54, 1.807) is 0 Å².